The van der Waals surface area contributed by atoms with Crippen molar-refractivity contribution in [2.75, 3.05) is 13.2 Å². The molecular weight excluding hydrogens is 244 g/mol. The van der Waals surface area contributed by atoms with E-state index < -0.39 is 0 Å². The molecule has 0 saturated carbocycles. The van der Waals surface area contributed by atoms with Crippen molar-refractivity contribution in [3.8, 4) is 0 Å². The second-order valence-corrected chi connectivity index (χ2v) is 5.99. The minimum atomic E-state index is 0.269. The topological polar surface area (TPSA) is 36.4 Å². The smallest absolute Gasteiger partial charge is 0.108 e. The molecule has 1 aromatic heterocycles. The molecule has 4 heteroatoms. The highest BCUT2D eigenvalue weighted by molar-refractivity contribution is 7.18. The monoisotopic (exact) mass is 262 g/mol. The molecule has 0 amide bonds. The highest BCUT2D eigenvalue weighted by Gasteiger charge is 2.22. The van der Waals surface area contributed by atoms with E-state index in [1.165, 1.54) is 17.5 Å². The molecule has 18 heavy (non-hydrogen) atoms. The van der Waals surface area contributed by atoms with Crippen molar-refractivity contribution in [2.24, 2.45) is 0 Å². The molecule has 0 bridgehead atoms. The van der Waals surface area contributed by atoms with Gasteiger partial charge in [-0.25, -0.2) is 4.98 Å². The molecule has 1 aromatic carbocycles. The van der Waals surface area contributed by atoms with Gasteiger partial charge in [0.05, 0.1) is 23.4 Å². The van der Waals surface area contributed by atoms with E-state index in [0.29, 0.717) is 6.04 Å². The first-order valence-corrected chi connectivity index (χ1v) is 7.38. The van der Waals surface area contributed by atoms with E-state index in [2.05, 4.69) is 28.1 Å². The summed E-state index contributed by atoms with van der Waals surface area (Å²) in [7, 11) is 0. The zero-order valence-corrected chi connectivity index (χ0v) is 11.2. The summed E-state index contributed by atoms with van der Waals surface area (Å²) >= 11 is 1.77. The Balaban J connectivity index is 1.78. The van der Waals surface area contributed by atoms with Crippen LogP contribution in [0.3, 0.4) is 0 Å². The van der Waals surface area contributed by atoms with Gasteiger partial charge in [0.25, 0.3) is 0 Å². The van der Waals surface area contributed by atoms with Crippen LogP contribution in [0.25, 0.3) is 10.2 Å². The van der Waals surface area contributed by atoms with Crippen molar-refractivity contribution < 1.29 is 5.11 Å². The summed E-state index contributed by atoms with van der Waals surface area (Å²) in [4.78, 5) is 7.05. The minimum Gasteiger partial charge on any atom is -0.395 e. The second kappa shape index (κ2) is 5.34. The normalized spacial score (nSPS) is 21.5. The summed E-state index contributed by atoms with van der Waals surface area (Å²) in [5.74, 6) is 0. The molecule has 0 radical (unpaired) electrons. The zero-order valence-electron chi connectivity index (χ0n) is 10.4. The van der Waals surface area contributed by atoms with Gasteiger partial charge in [-0.15, -0.1) is 11.3 Å². The van der Waals surface area contributed by atoms with Crippen LogP contribution in [0, 0.1) is 0 Å². The first-order valence-electron chi connectivity index (χ1n) is 6.56. The van der Waals surface area contributed by atoms with Crippen molar-refractivity contribution >= 4 is 21.6 Å². The lowest BCUT2D eigenvalue weighted by molar-refractivity contribution is 0.0841. The van der Waals surface area contributed by atoms with Gasteiger partial charge in [0, 0.05) is 6.04 Å². The Labute approximate surface area is 111 Å². The van der Waals surface area contributed by atoms with Crippen molar-refractivity contribution in [2.45, 2.75) is 31.8 Å². The fourth-order valence-electron chi connectivity index (χ4n) is 2.64. The Kier molecular flexibility index (Phi) is 3.59. The fourth-order valence-corrected chi connectivity index (χ4v) is 3.63. The first kappa shape index (κ1) is 12.1. The highest BCUT2D eigenvalue weighted by Crippen LogP contribution is 2.25. The van der Waals surface area contributed by atoms with E-state index in [0.717, 1.165) is 30.0 Å². The molecule has 1 atom stereocenters. The lowest BCUT2D eigenvalue weighted by atomic mass is 10.0. The molecule has 0 aliphatic carbocycles. The fraction of sp³-hybridized carbons (Fsp3) is 0.500. The molecule has 1 N–H and O–H groups in total. The molecule has 2 aromatic rings. The van der Waals surface area contributed by atoms with Crippen LogP contribution >= 0.6 is 11.3 Å². The Morgan fingerprint density at radius 1 is 1.33 bits per heavy atom. The predicted molar refractivity (Wildman–Crippen MR) is 74.8 cm³/mol. The number of aliphatic hydroxyl groups excluding tert-OH is 1. The van der Waals surface area contributed by atoms with Crippen molar-refractivity contribution in [3.05, 3.63) is 29.3 Å². The van der Waals surface area contributed by atoms with Crippen LogP contribution < -0.4 is 0 Å². The van der Waals surface area contributed by atoms with Crippen LogP contribution in [-0.2, 0) is 6.54 Å². The molecule has 1 aliphatic rings. The number of fused-ring (bicyclic) bond motifs is 1. The third-order valence-corrected chi connectivity index (χ3v) is 4.66. The number of aromatic nitrogens is 1. The SMILES string of the molecule is OCC1CCCCN1Cc1nc2ccccc2s1. The van der Waals surface area contributed by atoms with Crippen LogP contribution in [0.5, 0.6) is 0 Å². The number of rotatable bonds is 3. The third-order valence-electron chi connectivity index (χ3n) is 3.64. The maximum atomic E-state index is 9.42. The van der Waals surface area contributed by atoms with Crippen LogP contribution in [0.4, 0.5) is 0 Å². The van der Waals surface area contributed by atoms with E-state index in [9.17, 15) is 5.11 Å². The largest absolute Gasteiger partial charge is 0.395 e. The number of aliphatic hydroxyl groups is 1. The Morgan fingerprint density at radius 2 is 2.22 bits per heavy atom. The predicted octanol–water partition coefficient (Wildman–Crippen LogP) is 2.64. The average molecular weight is 262 g/mol. The lowest BCUT2D eigenvalue weighted by Gasteiger charge is -2.33. The van der Waals surface area contributed by atoms with Crippen LogP contribution in [0.1, 0.15) is 24.3 Å². The molecule has 3 rings (SSSR count). The highest BCUT2D eigenvalue weighted by atomic mass is 32.1. The zero-order chi connectivity index (χ0) is 12.4. The Hall–Kier alpha value is -0.970. The maximum absolute atomic E-state index is 9.42. The Bertz CT molecular complexity index is 492. The number of hydrogen-bond donors (Lipinski definition) is 1. The minimum absolute atomic E-state index is 0.269. The van der Waals surface area contributed by atoms with E-state index in [4.69, 9.17) is 0 Å². The van der Waals surface area contributed by atoms with Gasteiger partial charge in [0.1, 0.15) is 5.01 Å². The molecule has 1 saturated heterocycles. The quantitative estimate of drug-likeness (QED) is 0.924. The van der Waals surface area contributed by atoms with Gasteiger partial charge in [-0.2, -0.15) is 0 Å². The third kappa shape index (κ3) is 2.41. The van der Waals surface area contributed by atoms with Crippen molar-refractivity contribution in [1.29, 1.82) is 0 Å². The number of thiazole rings is 1. The number of para-hydroxylation sites is 1. The number of hydrogen-bond acceptors (Lipinski definition) is 4. The molecule has 1 fully saturated rings. The van der Waals surface area contributed by atoms with Crippen molar-refractivity contribution in [1.82, 2.24) is 9.88 Å². The molecule has 0 spiro atoms. The van der Waals surface area contributed by atoms with Gasteiger partial charge in [-0.3, -0.25) is 4.90 Å². The van der Waals surface area contributed by atoms with Gasteiger partial charge in [0.2, 0.25) is 0 Å². The van der Waals surface area contributed by atoms with Crippen LogP contribution in [0.2, 0.25) is 0 Å². The summed E-state index contributed by atoms with van der Waals surface area (Å²) < 4.78 is 1.25. The molecule has 3 nitrogen and oxygen atoms in total. The van der Waals surface area contributed by atoms with Crippen LogP contribution in [0.15, 0.2) is 24.3 Å². The van der Waals surface area contributed by atoms with Gasteiger partial charge in [-0.05, 0) is 31.5 Å². The summed E-state index contributed by atoms with van der Waals surface area (Å²) in [5.41, 5.74) is 1.09. The summed E-state index contributed by atoms with van der Waals surface area (Å²) in [6.07, 6.45) is 3.59. The van der Waals surface area contributed by atoms with Crippen LogP contribution in [-0.4, -0.2) is 34.2 Å². The molecule has 1 aliphatic heterocycles. The van der Waals surface area contributed by atoms with Gasteiger partial charge >= 0.3 is 0 Å². The summed E-state index contributed by atoms with van der Waals surface area (Å²) in [6.45, 7) is 2.23. The lowest BCUT2D eigenvalue weighted by Crippen LogP contribution is -2.41. The molecule has 1 unspecified atom stereocenters. The van der Waals surface area contributed by atoms with Crippen molar-refractivity contribution in [3.63, 3.8) is 0 Å². The van der Waals surface area contributed by atoms with E-state index >= 15 is 0 Å². The van der Waals surface area contributed by atoms with E-state index in [1.54, 1.807) is 11.3 Å². The van der Waals surface area contributed by atoms with E-state index in [-0.39, 0.29) is 6.61 Å². The van der Waals surface area contributed by atoms with Gasteiger partial charge in [-0.1, -0.05) is 18.6 Å². The molecule has 96 valence electrons. The summed E-state index contributed by atoms with van der Waals surface area (Å²) in [6, 6.07) is 8.60. The summed E-state index contributed by atoms with van der Waals surface area (Å²) in [5, 5.41) is 10.6. The molecular formula is C14H18N2OS. The van der Waals surface area contributed by atoms with E-state index in [1.807, 2.05) is 6.07 Å². The number of piperidine rings is 1. The first-order chi connectivity index (χ1) is 8.86. The van der Waals surface area contributed by atoms with Gasteiger partial charge in [0.15, 0.2) is 0 Å². The number of benzene rings is 1. The number of likely N-dealkylation sites (tertiary alicyclic amines) is 1. The average Bonchev–Trinajstić information content (AvgIpc) is 2.81. The maximum Gasteiger partial charge on any atom is 0.108 e. The number of nitrogens with zero attached hydrogens (tertiary/aromatic N) is 2. The second-order valence-electron chi connectivity index (χ2n) is 4.88. The molecule has 2 heterocycles. The van der Waals surface area contributed by atoms with Gasteiger partial charge < -0.3 is 5.11 Å². The standard InChI is InChI=1S/C14H18N2OS/c17-10-11-5-3-4-8-16(11)9-14-15-12-6-1-2-7-13(12)18-14/h1-2,6-7,11,17H,3-5,8-10H2. The Morgan fingerprint density at radius 3 is 3.06 bits per heavy atom.